The molecule has 0 saturated carbocycles. The van der Waals surface area contributed by atoms with E-state index in [4.69, 9.17) is 0 Å². The molecule has 0 radical (unpaired) electrons. The normalized spacial score (nSPS) is 13.1. The number of carbonyl (C=O) groups excluding carboxylic acids is 1. The van der Waals surface area contributed by atoms with E-state index in [0.29, 0.717) is 5.92 Å². The minimum absolute atomic E-state index is 0.150. The van der Waals surface area contributed by atoms with Crippen molar-refractivity contribution in [2.75, 3.05) is 0 Å². The Labute approximate surface area is 144 Å². The average Bonchev–Trinajstić information content (AvgIpc) is 2.54. The summed E-state index contributed by atoms with van der Waals surface area (Å²) in [6.45, 7) is 9.89. The molecule has 0 aromatic heterocycles. The van der Waals surface area contributed by atoms with E-state index in [9.17, 15) is 4.79 Å². The highest BCUT2D eigenvalue weighted by molar-refractivity contribution is 5.33. The molecule has 0 spiro atoms. The number of aliphatic imine (C=N–C) groups is 1. The van der Waals surface area contributed by atoms with Crippen LogP contribution in [0.1, 0.15) is 90.4 Å². The third-order valence-corrected chi connectivity index (χ3v) is 4.50. The lowest BCUT2D eigenvalue weighted by atomic mass is 9.89. The van der Waals surface area contributed by atoms with E-state index in [-0.39, 0.29) is 6.04 Å². The molecule has 0 aromatic carbocycles. The Bertz CT molecular complexity index is 331. The van der Waals surface area contributed by atoms with E-state index in [2.05, 4.69) is 25.1 Å². The van der Waals surface area contributed by atoms with Gasteiger partial charge in [0.2, 0.25) is 6.08 Å². The van der Waals surface area contributed by atoms with Gasteiger partial charge in [-0.1, -0.05) is 64.0 Å². The lowest BCUT2D eigenvalue weighted by Crippen LogP contribution is -2.12. The third-order valence-electron chi connectivity index (χ3n) is 4.50. The maximum atomic E-state index is 10.7. The molecule has 0 aliphatic heterocycles. The van der Waals surface area contributed by atoms with Crippen LogP contribution in [0.15, 0.2) is 30.3 Å². The summed E-state index contributed by atoms with van der Waals surface area (Å²) in [7, 11) is 0. The summed E-state index contributed by atoms with van der Waals surface area (Å²) in [5.41, 5.74) is 0. The predicted octanol–water partition coefficient (Wildman–Crippen LogP) is 6.77. The number of hydrogen-bond donors (Lipinski definition) is 0. The molecule has 0 rings (SSSR count). The second-order valence-corrected chi connectivity index (χ2v) is 6.63. The number of unbranched alkanes of at least 4 members (excludes halogenated alkanes) is 7. The summed E-state index contributed by atoms with van der Waals surface area (Å²) in [6, 6.07) is 0.150. The molecule has 0 heterocycles. The first-order valence-corrected chi connectivity index (χ1v) is 9.57. The molecule has 2 nitrogen and oxygen atoms in total. The second-order valence-electron chi connectivity index (χ2n) is 6.63. The van der Waals surface area contributed by atoms with Crippen molar-refractivity contribution >= 4 is 6.08 Å². The van der Waals surface area contributed by atoms with Gasteiger partial charge < -0.3 is 0 Å². The van der Waals surface area contributed by atoms with Gasteiger partial charge in [-0.2, -0.15) is 0 Å². The van der Waals surface area contributed by atoms with Crippen LogP contribution in [-0.4, -0.2) is 12.1 Å². The topological polar surface area (TPSA) is 29.4 Å². The van der Waals surface area contributed by atoms with Gasteiger partial charge in [0.1, 0.15) is 0 Å². The number of isocyanates is 1. The highest BCUT2D eigenvalue weighted by atomic mass is 16.1. The van der Waals surface area contributed by atoms with Crippen molar-refractivity contribution < 1.29 is 4.79 Å². The van der Waals surface area contributed by atoms with Crippen LogP contribution in [0.4, 0.5) is 0 Å². The van der Waals surface area contributed by atoms with Crippen molar-refractivity contribution in [3.63, 3.8) is 0 Å². The van der Waals surface area contributed by atoms with E-state index in [1.807, 2.05) is 12.2 Å². The molecule has 2 unspecified atom stereocenters. The molecule has 2 atom stereocenters. The first kappa shape index (κ1) is 21.9. The van der Waals surface area contributed by atoms with Crippen molar-refractivity contribution in [1.82, 2.24) is 0 Å². The zero-order chi connectivity index (χ0) is 17.2. The Morgan fingerprint density at radius 3 is 2.26 bits per heavy atom. The Hall–Kier alpha value is -1.14. The first-order chi connectivity index (χ1) is 11.3. The highest BCUT2D eigenvalue weighted by Gasteiger charge is 2.14. The zero-order valence-electron chi connectivity index (χ0n) is 15.3. The van der Waals surface area contributed by atoms with Gasteiger partial charge in [-0.15, -0.1) is 13.2 Å². The van der Waals surface area contributed by atoms with Gasteiger partial charge in [-0.25, -0.2) is 9.79 Å². The largest absolute Gasteiger partial charge is 0.235 e. The lowest BCUT2D eigenvalue weighted by Gasteiger charge is -2.19. The Balaban J connectivity index is 4.06. The smallest absolute Gasteiger partial charge is 0.211 e. The quantitative estimate of drug-likeness (QED) is 0.126. The summed E-state index contributed by atoms with van der Waals surface area (Å²) >= 11 is 0. The molecule has 0 amide bonds. The molecule has 0 N–H and O–H groups in total. The zero-order valence-corrected chi connectivity index (χ0v) is 15.3. The third kappa shape index (κ3) is 14.2. The molecule has 0 aliphatic rings. The van der Waals surface area contributed by atoms with E-state index in [1.54, 1.807) is 6.08 Å². The maximum absolute atomic E-state index is 10.7. The van der Waals surface area contributed by atoms with Crippen LogP contribution < -0.4 is 0 Å². The van der Waals surface area contributed by atoms with Crippen molar-refractivity contribution in [2.45, 2.75) is 96.4 Å². The SMILES string of the molecule is C=CCCCC(CC=C)CC(CCCCCCCCC)N=C=O. The van der Waals surface area contributed by atoms with Crippen molar-refractivity contribution in [2.24, 2.45) is 10.9 Å². The Kier molecular flexibility index (Phi) is 16.4. The van der Waals surface area contributed by atoms with Crippen LogP contribution in [0.25, 0.3) is 0 Å². The second kappa shape index (κ2) is 17.2. The van der Waals surface area contributed by atoms with Crippen LogP contribution in [0.2, 0.25) is 0 Å². The van der Waals surface area contributed by atoms with Gasteiger partial charge in [0.05, 0.1) is 6.04 Å². The summed E-state index contributed by atoms with van der Waals surface area (Å²) in [6.07, 6.45) is 21.3. The van der Waals surface area contributed by atoms with E-state index >= 15 is 0 Å². The molecule has 0 fully saturated rings. The molecule has 0 bridgehead atoms. The van der Waals surface area contributed by atoms with Crippen LogP contribution in [0.5, 0.6) is 0 Å². The minimum Gasteiger partial charge on any atom is -0.211 e. The lowest BCUT2D eigenvalue weighted by molar-refractivity contribution is 0.382. The summed E-state index contributed by atoms with van der Waals surface area (Å²) in [5.74, 6) is 0.583. The Morgan fingerprint density at radius 2 is 1.65 bits per heavy atom. The monoisotopic (exact) mass is 319 g/mol. The fraction of sp³-hybridized carbons (Fsp3) is 0.762. The van der Waals surface area contributed by atoms with Gasteiger partial charge in [-0.3, -0.25) is 0 Å². The van der Waals surface area contributed by atoms with Crippen LogP contribution in [0, 0.1) is 5.92 Å². The molecule has 0 aliphatic carbocycles. The summed E-state index contributed by atoms with van der Waals surface area (Å²) in [4.78, 5) is 14.8. The van der Waals surface area contributed by atoms with Crippen LogP contribution in [-0.2, 0) is 4.79 Å². The van der Waals surface area contributed by atoms with Gasteiger partial charge in [0, 0.05) is 0 Å². The minimum atomic E-state index is 0.150. The van der Waals surface area contributed by atoms with Crippen molar-refractivity contribution in [1.29, 1.82) is 0 Å². The molecule has 132 valence electrons. The van der Waals surface area contributed by atoms with Gasteiger partial charge >= 0.3 is 0 Å². The average molecular weight is 320 g/mol. The Morgan fingerprint density at radius 1 is 0.957 bits per heavy atom. The fourth-order valence-electron chi connectivity index (χ4n) is 3.15. The number of hydrogen-bond acceptors (Lipinski definition) is 2. The molecular weight excluding hydrogens is 282 g/mol. The van der Waals surface area contributed by atoms with E-state index in [1.165, 1.54) is 51.4 Å². The molecule has 0 aromatic rings. The van der Waals surface area contributed by atoms with E-state index in [0.717, 1.165) is 32.1 Å². The van der Waals surface area contributed by atoms with Crippen LogP contribution in [0.3, 0.4) is 0 Å². The number of allylic oxidation sites excluding steroid dienone is 2. The van der Waals surface area contributed by atoms with Gasteiger partial charge in [0.25, 0.3) is 0 Å². The number of rotatable bonds is 17. The van der Waals surface area contributed by atoms with Crippen molar-refractivity contribution in [3.05, 3.63) is 25.3 Å². The van der Waals surface area contributed by atoms with Crippen LogP contribution >= 0.6 is 0 Å². The summed E-state index contributed by atoms with van der Waals surface area (Å²) < 4.78 is 0. The summed E-state index contributed by atoms with van der Waals surface area (Å²) in [5, 5.41) is 0. The van der Waals surface area contributed by atoms with Crippen molar-refractivity contribution in [3.8, 4) is 0 Å². The standard InChI is InChI=1S/C21H37NO/c1-4-7-9-10-11-12-14-17-21(22-19-23)18-20(15-6-3)16-13-8-5-2/h5-6,20-21H,2-4,7-18H2,1H3. The molecule has 0 saturated heterocycles. The molecular formula is C21H37NO. The highest BCUT2D eigenvalue weighted by Crippen LogP contribution is 2.23. The molecule has 23 heavy (non-hydrogen) atoms. The van der Waals surface area contributed by atoms with Gasteiger partial charge in [-0.05, 0) is 44.4 Å². The fourth-order valence-corrected chi connectivity index (χ4v) is 3.15. The predicted molar refractivity (Wildman–Crippen MR) is 101 cm³/mol. The maximum Gasteiger partial charge on any atom is 0.235 e. The van der Waals surface area contributed by atoms with Gasteiger partial charge in [0.15, 0.2) is 0 Å². The first-order valence-electron chi connectivity index (χ1n) is 9.57. The molecule has 2 heteroatoms. The number of nitrogens with zero attached hydrogens (tertiary/aromatic N) is 1. The van der Waals surface area contributed by atoms with E-state index < -0.39 is 0 Å².